The third-order valence-electron chi connectivity index (χ3n) is 4.46. The van der Waals surface area contributed by atoms with Gasteiger partial charge in [0.05, 0.1) is 6.04 Å². The van der Waals surface area contributed by atoms with Gasteiger partial charge in [0.2, 0.25) is 5.13 Å². The van der Waals surface area contributed by atoms with Crippen LogP contribution in [0.4, 0.5) is 10.8 Å². The Balaban J connectivity index is 1.26. The van der Waals surface area contributed by atoms with E-state index in [2.05, 4.69) is 54.3 Å². The van der Waals surface area contributed by atoms with Crippen molar-refractivity contribution in [3.63, 3.8) is 0 Å². The molecule has 146 valence electrons. The molecule has 5 rings (SSSR count). The minimum atomic E-state index is 0.308. The van der Waals surface area contributed by atoms with Crippen molar-refractivity contribution in [2.75, 3.05) is 16.8 Å². The molecule has 1 N–H and O–H groups in total. The van der Waals surface area contributed by atoms with Crippen LogP contribution in [0.3, 0.4) is 0 Å². The zero-order valence-corrected chi connectivity index (χ0v) is 18.0. The van der Waals surface area contributed by atoms with E-state index in [1.165, 1.54) is 5.56 Å². The molecule has 4 aromatic rings. The number of thioether (sulfide) groups is 2. The van der Waals surface area contributed by atoms with Crippen LogP contribution in [0.2, 0.25) is 0 Å². The molecule has 29 heavy (non-hydrogen) atoms. The third kappa shape index (κ3) is 4.00. The van der Waals surface area contributed by atoms with Crippen LogP contribution in [-0.4, -0.2) is 41.5 Å². The number of hydrogen-bond donors (Lipinski definition) is 1. The Morgan fingerprint density at radius 3 is 2.86 bits per heavy atom. The summed E-state index contributed by atoms with van der Waals surface area (Å²) < 4.78 is 3.18. The van der Waals surface area contributed by atoms with Crippen LogP contribution >= 0.6 is 34.9 Å². The Labute approximate surface area is 180 Å². The standard InChI is InChI=1S/C19H17N7S3/c1-12-4-6-14(7-5-12)21-17-23-25-19(29-17)28-11-15-10-27-18-24-22-16(26(15)18)13-3-2-8-20-9-13/h2-9,15H,10-11H2,1H3,(H,21,23). The summed E-state index contributed by atoms with van der Waals surface area (Å²) in [4.78, 5) is 4.21. The van der Waals surface area contributed by atoms with Crippen molar-refractivity contribution >= 4 is 45.7 Å². The second-order valence-electron chi connectivity index (χ2n) is 6.56. The quantitative estimate of drug-likeness (QED) is 0.434. The lowest BCUT2D eigenvalue weighted by molar-refractivity contribution is 0.597. The number of hydrogen-bond acceptors (Lipinski definition) is 9. The van der Waals surface area contributed by atoms with Crippen molar-refractivity contribution in [1.82, 2.24) is 29.9 Å². The number of pyridine rings is 1. The lowest BCUT2D eigenvalue weighted by Crippen LogP contribution is -2.11. The van der Waals surface area contributed by atoms with Gasteiger partial charge in [-0.3, -0.25) is 9.55 Å². The van der Waals surface area contributed by atoms with Gasteiger partial charge in [0.15, 0.2) is 15.3 Å². The summed E-state index contributed by atoms with van der Waals surface area (Å²) in [5.74, 6) is 2.76. The van der Waals surface area contributed by atoms with E-state index in [-0.39, 0.29) is 0 Å². The van der Waals surface area contributed by atoms with E-state index < -0.39 is 0 Å². The SMILES string of the molecule is Cc1ccc(Nc2nnc(SCC3CSc4nnc(-c5cccnc5)n43)s2)cc1. The average Bonchev–Trinajstić information content (AvgIpc) is 3.46. The normalized spacial score (nSPS) is 15.4. The molecular formula is C19H17N7S3. The molecule has 0 radical (unpaired) electrons. The number of nitrogens with one attached hydrogen (secondary N) is 1. The molecule has 10 heteroatoms. The predicted molar refractivity (Wildman–Crippen MR) is 118 cm³/mol. The highest BCUT2D eigenvalue weighted by atomic mass is 32.2. The lowest BCUT2D eigenvalue weighted by Gasteiger charge is -2.13. The first kappa shape index (κ1) is 18.6. The highest BCUT2D eigenvalue weighted by Crippen LogP contribution is 2.39. The third-order valence-corrected chi connectivity index (χ3v) is 7.67. The van der Waals surface area contributed by atoms with E-state index in [4.69, 9.17) is 0 Å². The van der Waals surface area contributed by atoms with Gasteiger partial charge in [-0.25, -0.2) is 0 Å². The van der Waals surface area contributed by atoms with Crippen molar-refractivity contribution in [1.29, 1.82) is 0 Å². The van der Waals surface area contributed by atoms with Crippen LogP contribution in [0.25, 0.3) is 11.4 Å². The number of aromatic nitrogens is 6. The number of anilines is 2. The Bertz CT molecular complexity index is 1110. The summed E-state index contributed by atoms with van der Waals surface area (Å²) in [5, 5.41) is 22.4. The molecule has 1 aliphatic heterocycles. The first-order valence-corrected chi connectivity index (χ1v) is 11.8. The molecular weight excluding hydrogens is 422 g/mol. The second kappa shape index (κ2) is 8.13. The molecule has 0 aliphatic carbocycles. The summed E-state index contributed by atoms with van der Waals surface area (Å²) in [6.45, 7) is 2.08. The van der Waals surface area contributed by atoms with Gasteiger partial charge in [0.1, 0.15) is 0 Å². The first-order valence-electron chi connectivity index (χ1n) is 9.04. The minimum absolute atomic E-state index is 0.308. The van der Waals surface area contributed by atoms with Gasteiger partial charge in [-0.2, -0.15) is 0 Å². The van der Waals surface area contributed by atoms with Crippen LogP contribution in [-0.2, 0) is 0 Å². The molecule has 1 unspecified atom stereocenters. The maximum absolute atomic E-state index is 4.38. The van der Waals surface area contributed by atoms with E-state index in [9.17, 15) is 0 Å². The summed E-state index contributed by atoms with van der Waals surface area (Å²) in [5.41, 5.74) is 3.24. The van der Waals surface area contributed by atoms with Gasteiger partial charge in [-0.05, 0) is 31.2 Å². The molecule has 0 saturated carbocycles. The van der Waals surface area contributed by atoms with E-state index in [0.29, 0.717) is 6.04 Å². The molecule has 1 atom stereocenters. The molecule has 0 fully saturated rings. The number of fused-ring (bicyclic) bond motifs is 1. The van der Waals surface area contributed by atoms with E-state index in [1.807, 2.05) is 30.5 Å². The van der Waals surface area contributed by atoms with Crippen molar-refractivity contribution in [3.05, 3.63) is 54.4 Å². The van der Waals surface area contributed by atoms with Crippen molar-refractivity contribution < 1.29 is 0 Å². The van der Waals surface area contributed by atoms with Gasteiger partial charge in [-0.15, -0.1) is 20.4 Å². The zero-order chi connectivity index (χ0) is 19.6. The molecule has 1 aromatic carbocycles. The van der Waals surface area contributed by atoms with Crippen LogP contribution in [0.1, 0.15) is 11.6 Å². The van der Waals surface area contributed by atoms with Gasteiger partial charge >= 0.3 is 0 Å². The fourth-order valence-electron chi connectivity index (χ4n) is 3.01. The fraction of sp³-hybridized carbons (Fsp3) is 0.211. The molecule has 4 heterocycles. The number of aryl methyl sites for hydroxylation is 1. The summed E-state index contributed by atoms with van der Waals surface area (Å²) in [6, 6.07) is 12.5. The monoisotopic (exact) mass is 439 g/mol. The highest BCUT2D eigenvalue weighted by molar-refractivity contribution is 8.01. The van der Waals surface area contributed by atoms with Crippen LogP contribution < -0.4 is 5.32 Å². The summed E-state index contributed by atoms with van der Waals surface area (Å²) in [6.07, 6.45) is 3.60. The van der Waals surface area contributed by atoms with Crippen LogP contribution in [0.5, 0.6) is 0 Å². The van der Waals surface area contributed by atoms with Crippen LogP contribution in [0.15, 0.2) is 58.3 Å². The highest BCUT2D eigenvalue weighted by Gasteiger charge is 2.29. The Morgan fingerprint density at radius 2 is 2.03 bits per heavy atom. The van der Waals surface area contributed by atoms with Gasteiger partial charge in [-0.1, -0.05) is 52.6 Å². The number of benzene rings is 1. The van der Waals surface area contributed by atoms with E-state index in [0.717, 1.165) is 43.2 Å². The Hall–Kier alpha value is -2.43. The van der Waals surface area contributed by atoms with Gasteiger partial charge < -0.3 is 5.32 Å². The predicted octanol–water partition coefficient (Wildman–Crippen LogP) is 4.68. The molecule has 0 amide bonds. The van der Waals surface area contributed by atoms with Crippen LogP contribution in [0, 0.1) is 6.92 Å². The zero-order valence-electron chi connectivity index (χ0n) is 15.5. The van der Waals surface area contributed by atoms with Gasteiger partial charge in [0, 0.05) is 35.2 Å². The Morgan fingerprint density at radius 1 is 1.14 bits per heavy atom. The summed E-state index contributed by atoms with van der Waals surface area (Å²) >= 11 is 5.04. The fourth-order valence-corrected chi connectivity index (χ4v) is 6.12. The maximum Gasteiger partial charge on any atom is 0.210 e. The topological polar surface area (TPSA) is 81.4 Å². The van der Waals surface area contributed by atoms with E-state index in [1.54, 1.807) is 41.1 Å². The van der Waals surface area contributed by atoms with Crippen molar-refractivity contribution in [2.24, 2.45) is 0 Å². The Kier molecular flexibility index (Phi) is 5.21. The smallest absolute Gasteiger partial charge is 0.210 e. The maximum atomic E-state index is 4.38. The summed E-state index contributed by atoms with van der Waals surface area (Å²) in [7, 11) is 0. The molecule has 3 aromatic heterocycles. The second-order valence-corrected chi connectivity index (χ2v) is 9.79. The largest absolute Gasteiger partial charge is 0.330 e. The average molecular weight is 440 g/mol. The molecule has 0 spiro atoms. The van der Waals surface area contributed by atoms with Crippen molar-refractivity contribution in [2.45, 2.75) is 22.5 Å². The van der Waals surface area contributed by atoms with Crippen molar-refractivity contribution in [3.8, 4) is 11.4 Å². The molecule has 7 nitrogen and oxygen atoms in total. The number of nitrogens with zero attached hydrogens (tertiary/aromatic N) is 6. The van der Waals surface area contributed by atoms with E-state index >= 15 is 0 Å². The lowest BCUT2D eigenvalue weighted by atomic mass is 10.2. The molecule has 1 aliphatic rings. The first-order chi connectivity index (χ1) is 14.3. The number of rotatable bonds is 6. The molecule has 0 bridgehead atoms. The minimum Gasteiger partial charge on any atom is -0.330 e. The van der Waals surface area contributed by atoms with Gasteiger partial charge in [0.25, 0.3) is 0 Å². The molecule has 0 saturated heterocycles.